The fourth-order valence-corrected chi connectivity index (χ4v) is 2.10. The van der Waals surface area contributed by atoms with Gasteiger partial charge < -0.3 is 19.8 Å². The van der Waals surface area contributed by atoms with Crippen LogP contribution in [0.4, 0.5) is 4.79 Å². The Morgan fingerprint density at radius 3 is 2.75 bits per heavy atom. The number of hydrogen-bond donors (Lipinski definition) is 2. The van der Waals surface area contributed by atoms with Crippen molar-refractivity contribution in [2.24, 2.45) is 0 Å². The minimum absolute atomic E-state index is 0.172. The molecule has 2 rings (SSSR count). The number of furan rings is 1. The maximum absolute atomic E-state index is 12.1. The van der Waals surface area contributed by atoms with Crippen LogP contribution in [0.2, 0.25) is 0 Å². The maximum atomic E-state index is 12.1. The molecule has 1 saturated heterocycles. The van der Waals surface area contributed by atoms with Crippen molar-refractivity contribution in [3.63, 3.8) is 0 Å². The number of rotatable bonds is 7. The highest BCUT2D eigenvalue weighted by Crippen LogP contribution is 2.20. The fourth-order valence-electron chi connectivity index (χ4n) is 2.10. The molecule has 1 atom stereocenters. The van der Waals surface area contributed by atoms with Gasteiger partial charge >= 0.3 is 12.0 Å². The molecule has 9 nitrogen and oxygen atoms in total. The van der Waals surface area contributed by atoms with Gasteiger partial charge in [0.2, 0.25) is 0 Å². The van der Waals surface area contributed by atoms with Gasteiger partial charge in [-0.2, -0.15) is 0 Å². The van der Waals surface area contributed by atoms with Crippen LogP contribution in [0, 0.1) is 0 Å². The molecule has 0 saturated carbocycles. The van der Waals surface area contributed by atoms with Gasteiger partial charge in [0.05, 0.1) is 12.8 Å². The van der Waals surface area contributed by atoms with Gasteiger partial charge in [0.15, 0.2) is 6.61 Å². The monoisotopic (exact) mass is 337 g/mol. The standard InChI is InChI=1S/C15H19N3O6/c1-3-15(2)13(21)18(14(22)17-15)8-12(20)24-9-11(19)16-7-10-5-4-6-23-10/h4-6H,3,7-9H2,1-2H3,(H,16,19)(H,17,22). The van der Waals surface area contributed by atoms with Gasteiger partial charge in [0.1, 0.15) is 17.8 Å². The van der Waals surface area contributed by atoms with E-state index in [1.807, 2.05) is 0 Å². The highest BCUT2D eigenvalue weighted by Gasteiger charge is 2.47. The Morgan fingerprint density at radius 2 is 2.17 bits per heavy atom. The second-order valence-corrected chi connectivity index (χ2v) is 5.52. The lowest BCUT2D eigenvalue weighted by atomic mass is 9.99. The molecule has 0 spiro atoms. The molecule has 1 unspecified atom stereocenters. The van der Waals surface area contributed by atoms with Gasteiger partial charge in [-0.3, -0.25) is 19.3 Å². The van der Waals surface area contributed by atoms with Crippen LogP contribution in [0.15, 0.2) is 22.8 Å². The Hall–Kier alpha value is -2.84. The molecule has 9 heteroatoms. The summed E-state index contributed by atoms with van der Waals surface area (Å²) in [7, 11) is 0. The lowest BCUT2D eigenvalue weighted by Gasteiger charge is -2.18. The Morgan fingerprint density at radius 1 is 1.42 bits per heavy atom. The summed E-state index contributed by atoms with van der Waals surface area (Å²) in [5.41, 5.74) is -1.02. The number of esters is 1. The summed E-state index contributed by atoms with van der Waals surface area (Å²) >= 11 is 0. The predicted molar refractivity (Wildman–Crippen MR) is 80.5 cm³/mol. The van der Waals surface area contributed by atoms with Crippen molar-refractivity contribution in [1.82, 2.24) is 15.5 Å². The molecule has 0 aromatic carbocycles. The summed E-state index contributed by atoms with van der Waals surface area (Å²) in [5, 5.41) is 5.03. The molecule has 1 aromatic heterocycles. The molecule has 1 aromatic rings. The van der Waals surface area contributed by atoms with E-state index in [0.717, 1.165) is 4.90 Å². The molecule has 24 heavy (non-hydrogen) atoms. The van der Waals surface area contributed by atoms with E-state index in [1.165, 1.54) is 6.26 Å². The van der Waals surface area contributed by atoms with Gasteiger partial charge in [0, 0.05) is 0 Å². The van der Waals surface area contributed by atoms with E-state index in [-0.39, 0.29) is 6.54 Å². The lowest BCUT2D eigenvalue weighted by Crippen LogP contribution is -2.43. The molecule has 0 aliphatic carbocycles. The highest BCUT2D eigenvalue weighted by molar-refractivity contribution is 6.08. The average Bonchev–Trinajstić information content (AvgIpc) is 3.14. The molecular formula is C15H19N3O6. The summed E-state index contributed by atoms with van der Waals surface area (Å²) in [4.78, 5) is 48.0. The number of nitrogens with zero attached hydrogens (tertiary/aromatic N) is 1. The molecule has 1 fully saturated rings. The van der Waals surface area contributed by atoms with Crippen molar-refractivity contribution < 1.29 is 28.3 Å². The van der Waals surface area contributed by atoms with E-state index in [9.17, 15) is 19.2 Å². The largest absolute Gasteiger partial charge is 0.467 e. The van der Waals surface area contributed by atoms with Crippen molar-refractivity contribution in [2.75, 3.05) is 13.2 Å². The number of ether oxygens (including phenoxy) is 1. The van der Waals surface area contributed by atoms with Gasteiger partial charge in [-0.25, -0.2) is 4.79 Å². The van der Waals surface area contributed by atoms with Crippen molar-refractivity contribution in [3.05, 3.63) is 24.2 Å². The minimum Gasteiger partial charge on any atom is -0.467 e. The van der Waals surface area contributed by atoms with Gasteiger partial charge in [0.25, 0.3) is 11.8 Å². The molecule has 4 amide bonds. The number of urea groups is 1. The van der Waals surface area contributed by atoms with Crippen molar-refractivity contribution in [2.45, 2.75) is 32.4 Å². The van der Waals surface area contributed by atoms with Crippen LogP contribution in [0.5, 0.6) is 0 Å². The first-order chi connectivity index (χ1) is 11.4. The SMILES string of the molecule is CCC1(C)NC(=O)N(CC(=O)OCC(=O)NCc2ccco2)C1=O. The smallest absolute Gasteiger partial charge is 0.326 e. The van der Waals surface area contributed by atoms with Crippen LogP contribution in [-0.4, -0.2) is 47.4 Å². The van der Waals surface area contributed by atoms with E-state index in [4.69, 9.17) is 9.15 Å². The van der Waals surface area contributed by atoms with Crippen molar-refractivity contribution >= 4 is 23.8 Å². The molecule has 1 aliphatic rings. The zero-order chi connectivity index (χ0) is 17.7. The Kier molecular flexibility index (Phi) is 5.22. The van der Waals surface area contributed by atoms with E-state index in [0.29, 0.717) is 12.2 Å². The lowest BCUT2D eigenvalue weighted by molar-refractivity contribution is -0.151. The van der Waals surface area contributed by atoms with Crippen LogP contribution in [0.25, 0.3) is 0 Å². The third-order valence-corrected chi connectivity index (χ3v) is 3.74. The number of amides is 4. The molecular weight excluding hydrogens is 318 g/mol. The fraction of sp³-hybridized carbons (Fsp3) is 0.467. The minimum atomic E-state index is -1.02. The average molecular weight is 337 g/mol. The second kappa shape index (κ2) is 7.16. The van der Waals surface area contributed by atoms with Crippen LogP contribution >= 0.6 is 0 Å². The number of imide groups is 1. The van der Waals surface area contributed by atoms with Crippen LogP contribution in [0.1, 0.15) is 26.0 Å². The summed E-state index contributed by atoms with van der Waals surface area (Å²) < 4.78 is 9.82. The second-order valence-electron chi connectivity index (χ2n) is 5.52. The Balaban J connectivity index is 1.76. The number of hydrogen-bond acceptors (Lipinski definition) is 6. The number of nitrogens with one attached hydrogen (secondary N) is 2. The predicted octanol–water partition coefficient (Wildman–Crippen LogP) is 0.160. The van der Waals surface area contributed by atoms with E-state index in [1.54, 1.807) is 26.0 Å². The highest BCUT2D eigenvalue weighted by atomic mass is 16.5. The van der Waals surface area contributed by atoms with E-state index in [2.05, 4.69) is 10.6 Å². The maximum Gasteiger partial charge on any atom is 0.326 e. The van der Waals surface area contributed by atoms with Gasteiger partial charge in [-0.1, -0.05) is 6.92 Å². The molecule has 1 aliphatic heterocycles. The van der Waals surface area contributed by atoms with Crippen molar-refractivity contribution in [3.8, 4) is 0 Å². The first-order valence-corrected chi connectivity index (χ1v) is 7.44. The normalized spacial score (nSPS) is 20.0. The Bertz CT molecular complexity index is 642. The topological polar surface area (TPSA) is 118 Å². The third kappa shape index (κ3) is 3.92. The Labute approximate surface area is 138 Å². The van der Waals surface area contributed by atoms with E-state index >= 15 is 0 Å². The zero-order valence-electron chi connectivity index (χ0n) is 13.5. The van der Waals surface area contributed by atoms with Crippen LogP contribution in [-0.2, 0) is 25.7 Å². The molecule has 2 N–H and O–H groups in total. The first-order valence-electron chi connectivity index (χ1n) is 7.44. The quantitative estimate of drug-likeness (QED) is 0.540. The summed E-state index contributed by atoms with van der Waals surface area (Å²) in [6.07, 6.45) is 1.88. The van der Waals surface area contributed by atoms with Crippen molar-refractivity contribution in [1.29, 1.82) is 0 Å². The molecule has 2 heterocycles. The molecule has 0 bridgehead atoms. The van der Waals surface area contributed by atoms with Crippen LogP contribution < -0.4 is 10.6 Å². The summed E-state index contributed by atoms with van der Waals surface area (Å²) in [6, 6.07) is 2.72. The number of carbonyl (C=O) groups is 4. The summed E-state index contributed by atoms with van der Waals surface area (Å²) in [6.45, 7) is 2.47. The van der Waals surface area contributed by atoms with Crippen LogP contribution in [0.3, 0.4) is 0 Å². The first kappa shape index (κ1) is 17.5. The third-order valence-electron chi connectivity index (χ3n) is 3.74. The zero-order valence-corrected chi connectivity index (χ0v) is 13.5. The number of carbonyl (C=O) groups excluding carboxylic acids is 4. The molecule has 0 radical (unpaired) electrons. The summed E-state index contributed by atoms with van der Waals surface area (Å²) in [5.74, 6) is -1.29. The van der Waals surface area contributed by atoms with Gasteiger partial charge in [-0.15, -0.1) is 0 Å². The molecule has 130 valence electrons. The van der Waals surface area contributed by atoms with Gasteiger partial charge in [-0.05, 0) is 25.5 Å². The van der Waals surface area contributed by atoms with E-state index < -0.39 is 42.5 Å².